The Balaban J connectivity index is 1.87. The van der Waals surface area contributed by atoms with Crippen LogP contribution < -0.4 is 10.2 Å². The Labute approximate surface area is 129 Å². The molecular weight excluding hydrogens is 280 g/mol. The monoisotopic (exact) mass is 300 g/mol. The topological polar surface area (TPSA) is 78.4 Å². The van der Waals surface area contributed by atoms with Gasteiger partial charge in [0, 0.05) is 18.5 Å². The van der Waals surface area contributed by atoms with E-state index in [0.717, 1.165) is 36.1 Å². The maximum Gasteiger partial charge on any atom is 0.242 e. The number of hydrogen-bond acceptors (Lipinski definition) is 5. The van der Waals surface area contributed by atoms with Crippen LogP contribution in [0.5, 0.6) is 0 Å². The minimum absolute atomic E-state index is 0.0545. The lowest BCUT2D eigenvalue weighted by molar-refractivity contribution is -0.122. The Morgan fingerprint density at radius 1 is 1.45 bits per heavy atom. The summed E-state index contributed by atoms with van der Waals surface area (Å²) in [5, 5.41) is 13.1. The first-order valence-corrected chi connectivity index (χ1v) is 7.59. The molecule has 1 aliphatic heterocycles. The van der Waals surface area contributed by atoms with Crippen LogP contribution in [0.3, 0.4) is 0 Å². The zero-order valence-corrected chi connectivity index (χ0v) is 12.6. The highest BCUT2D eigenvalue weighted by atomic mass is 16.3. The van der Waals surface area contributed by atoms with E-state index >= 15 is 0 Å². The predicted octanol–water partition coefficient (Wildman–Crippen LogP) is 1.10. The Kier molecular flexibility index (Phi) is 4.20. The van der Waals surface area contributed by atoms with Crippen molar-refractivity contribution in [1.82, 2.24) is 15.3 Å². The van der Waals surface area contributed by atoms with Crippen molar-refractivity contribution < 1.29 is 9.90 Å². The molecule has 0 radical (unpaired) electrons. The molecule has 2 atom stereocenters. The summed E-state index contributed by atoms with van der Waals surface area (Å²) in [6.07, 6.45) is 2.74. The van der Waals surface area contributed by atoms with Crippen LogP contribution in [-0.2, 0) is 4.79 Å². The molecule has 0 spiro atoms. The summed E-state index contributed by atoms with van der Waals surface area (Å²) in [5.41, 5.74) is 0.877. The highest BCUT2D eigenvalue weighted by Gasteiger charge is 2.32. The molecule has 3 rings (SSSR count). The van der Waals surface area contributed by atoms with Crippen LogP contribution in [-0.4, -0.2) is 46.2 Å². The van der Waals surface area contributed by atoms with Gasteiger partial charge in [0.05, 0.1) is 11.6 Å². The molecule has 0 saturated carbocycles. The van der Waals surface area contributed by atoms with E-state index in [1.165, 1.54) is 0 Å². The van der Waals surface area contributed by atoms with E-state index in [1.54, 1.807) is 13.3 Å². The molecule has 1 aromatic carbocycles. The van der Waals surface area contributed by atoms with Gasteiger partial charge in [0.2, 0.25) is 5.91 Å². The fourth-order valence-electron chi connectivity index (χ4n) is 2.88. The highest BCUT2D eigenvalue weighted by Crippen LogP contribution is 2.29. The Hall–Kier alpha value is -2.21. The van der Waals surface area contributed by atoms with Gasteiger partial charge in [-0.2, -0.15) is 0 Å². The zero-order chi connectivity index (χ0) is 15.5. The standard InChI is InChI=1S/C16H20N4O2/c1-11(21)9-17-16(22)14-7-4-8-20(14)15-12-5-2-3-6-13(12)18-10-19-15/h2-3,5-6,10-11,14,21H,4,7-9H2,1H3,(H,17,22). The molecule has 22 heavy (non-hydrogen) atoms. The number of carbonyl (C=O) groups is 1. The van der Waals surface area contributed by atoms with Crippen LogP contribution in [0.2, 0.25) is 0 Å². The maximum absolute atomic E-state index is 12.4. The molecule has 0 aliphatic carbocycles. The van der Waals surface area contributed by atoms with Crippen LogP contribution in [0.15, 0.2) is 30.6 Å². The molecule has 2 unspecified atom stereocenters. The van der Waals surface area contributed by atoms with Crippen molar-refractivity contribution in [3.8, 4) is 0 Å². The number of aliphatic hydroxyl groups excluding tert-OH is 1. The first kappa shape index (κ1) is 14.7. The third kappa shape index (κ3) is 2.87. The molecule has 1 amide bonds. The van der Waals surface area contributed by atoms with Crippen LogP contribution in [0.1, 0.15) is 19.8 Å². The summed E-state index contributed by atoms with van der Waals surface area (Å²) in [6.45, 7) is 2.73. The first-order chi connectivity index (χ1) is 10.7. The maximum atomic E-state index is 12.4. The fraction of sp³-hybridized carbons (Fsp3) is 0.438. The molecule has 6 nitrogen and oxygen atoms in total. The van der Waals surface area contributed by atoms with Gasteiger partial charge in [0.25, 0.3) is 0 Å². The van der Waals surface area contributed by atoms with Crippen molar-refractivity contribution in [3.63, 3.8) is 0 Å². The summed E-state index contributed by atoms with van der Waals surface area (Å²) in [7, 11) is 0. The third-order valence-electron chi connectivity index (χ3n) is 3.92. The van der Waals surface area contributed by atoms with E-state index in [1.807, 2.05) is 29.2 Å². The summed E-state index contributed by atoms with van der Waals surface area (Å²) in [5.74, 6) is 0.751. The van der Waals surface area contributed by atoms with E-state index < -0.39 is 6.10 Å². The minimum Gasteiger partial charge on any atom is -0.392 e. The van der Waals surface area contributed by atoms with Crippen molar-refractivity contribution in [2.24, 2.45) is 0 Å². The van der Waals surface area contributed by atoms with Crippen molar-refractivity contribution in [3.05, 3.63) is 30.6 Å². The Bertz CT molecular complexity index is 669. The number of nitrogens with one attached hydrogen (secondary N) is 1. The van der Waals surface area contributed by atoms with E-state index in [9.17, 15) is 9.90 Å². The van der Waals surface area contributed by atoms with E-state index in [2.05, 4.69) is 15.3 Å². The fourth-order valence-corrected chi connectivity index (χ4v) is 2.88. The van der Waals surface area contributed by atoms with Crippen LogP contribution >= 0.6 is 0 Å². The number of nitrogens with zero attached hydrogens (tertiary/aromatic N) is 3. The number of anilines is 1. The molecule has 6 heteroatoms. The first-order valence-electron chi connectivity index (χ1n) is 7.59. The minimum atomic E-state index is -0.543. The quantitative estimate of drug-likeness (QED) is 0.884. The van der Waals surface area contributed by atoms with Gasteiger partial charge in [-0.05, 0) is 31.9 Å². The smallest absolute Gasteiger partial charge is 0.242 e. The Morgan fingerprint density at radius 3 is 3.09 bits per heavy atom. The number of aromatic nitrogens is 2. The SMILES string of the molecule is CC(O)CNC(=O)C1CCCN1c1ncnc2ccccc12. The molecule has 2 aromatic rings. The molecular formula is C16H20N4O2. The second-order valence-electron chi connectivity index (χ2n) is 5.66. The summed E-state index contributed by atoms with van der Waals surface area (Å²) < 4.78 is 0. The second-order valence-corrected chi connectivity index (χ2v) is 5.66. The molecule has 0 bridgehead atoms. The average molecular weight is 300 g/mol. The number of fused-ring (bicyclic) bond motifs is 1. The number of aliphatic hydroxyl groups is 1. The van der Waals surface area contributed by atoms with Gasteiger partial charge in [-0.25, -0.2) is 9.97 Å². The van der Waals surface area contributed by atoms with Crippen LogP contribution in [0.4, 0.5) is 5.82 Å². The lowest BCUT2D eigenvalue weighted by Gasteiger charge is -2.26. The van der Waals surface area contributed by atoms with Gasteiger partial charge in [0.15, 0.2) is 0 Å². The average Bonchev–Trinajstić information content (AvgIpc) is 3.01. The molecule has 1 aromatic heterocycles. The molecule has 116 valence electrons. The van der Waals surface area contributed by atoms with Crippen molar-refractivity contribution in [2.45, 2.75) is 31.9 Å². The zero-order valence-electron chi connectivity index (χ0n) is 12.6. The van der Waals surface area contributed by atoms with Crippen molar-refractivity contribution in [1.29, 1.82) is 0 Å². The summed E-state index contributed by atoms with van der Waals surface area (Å²) in [6, 6.07) is 7.58. The van der Waals surface area contributed by atoms with E-state index in [4.69, 9.17) is 0 Å². The molecule has 1 fully saturated rings. The number of amides is 1. The van der Waals surface area contributed by atoms with Gasteiger partial charge in [-0.1, -0.05) is 12.1 Å². The lowest BCUT2D eigenvalue weighted by atomic mass is 10.2. The van der Waals surface area contributed by atoms with E-state index in [-0.39, 0.29) is 18.5 Å². The van der Waals surface area contributed by atoms with Crippen LogP contribution in [0.25, 0.3) is 10.9 Å². The van der Waals surface area contributed by atoms with Gasteiger partial charge < -0.3 is 15.3 Å². The largest absolute Gasteiger partial charge is 0.392 e. The highest BCUT2D eigenvalue weighted by molar-refractivity contribution is 5.93. The van der Waals surface area contributed by atoms with Crippen molar-refractivity contribution >= 4 is 22.6 Å². The van der Waals surface area contributed by atoms with Gasteiger partial charge >= 0.3 is 0 Å². The number of benzene rings is 1. The number of para-hydroxylation sites is 1. The van der Waals surface area contributed by atoms with Gasteiger partial charge in [-0.3, -0.25) is 4.79 Å². The Morgan fingerprint density at radius 2 is 2.27 bits per heavy atom. The van der Waals surface area contributed by atoms with Gasteiger partial charge in [-0.15, -0.1) is 0 Å². The number of rotatable bonds is 4. The summed E-state index contributed by atoms with van der Waals surface area (Å²) >= 11 is 0. The molecule has 1 aliphatic rings. The van der Waals surface area contributed by atoms with Gasteiger partial charge in [0.1, 0.15) is 18.2 Å². The normalized spacial score (nSPS) is 19.4. The summed E-state index contributed by atoms with van der Waals surface area (Å²) in [4.78, 5) is 23.1. The van der Waals surface area contributed by atoms with Crippen molar-refractivity contribution in [2.75, 3.05) is 18.0 Å². The number of hydrogen-bond donors (Lipinski definition) is 2. The molecule has 2 heterocycles. The molecule has 2 N–H and O–H groups in total. The predicted molar refractivity (Wildman–Crippen MR) is 84.6 cm³/mol. The molecule has 1 saturated heterocycles. The second kappa shape index (κ2) is 6.27. The number of carbonyl (C=O) groups excluding carboxylic acids is 1. The van der Waals surface area contributed by atoms with E-state index in [0.29, 0.717) is 0 Å². The van der Waals surface area contributed by atoms with Crippen LogP contribution in [0, 0.1) is 0 Å². The lowest BCUT2D eigenvalue weighted by Crippen LogP contribution is -2.45. The third-order valence-corrected chi connectivity index (χ3v) is 3.92.